The van der Waals surface area contributed by atoms with Crippen molar-refractivity contribution in [3.05, 3.63) is 65.1 Å². The molecule has 0 unspecified atom stereocenters. The number of hydrogen-bond acceptors (Lipinski definition) is 6. The maximum Gasteiger partial charge on any atom is 0.260 e. The van der Waals surface area contributed by atoms with Crippen molar-refractivity contribution in [2.24, 2.45) is 0 Å². The van der Waals surface area contributed by atoms with E-state index in [0.29, 0.717) is 47.0 Å². The Balaban J connectivity index is 1.57. The van der Waals surface area contributed by atoms with Gasteiger partial charge in [0.25, 0.3) is 5.91 Å². The average Bonchev–Trinajstić information content (AvgIpc) is 3.38. The van der Waals surface area contributed by atoms with Gasteiger partial charge >= 0.3 is 0 Å². The highest BCUT2D eigenvalue weighted by Gasteiger charge is 2.36. The van der Waals surface area contributed by atoms with E-state index < -0.39 is 5.82 Å². The summed E-state index contributed by atoms with van der Waals surface area (Å²) in [6.07, 6.45) is 2.36. The lowest BCUT2D eigenvalue weighted by molar-refractivity contribution is -0.117. The van der Waals surface area contributed by atoms with Crippen LogP contribution in [-0.4, -0.2) is 46.6 Å². The first-order valence-electron chi connectivity index (χ1n) is 11.0. The fourth-order valence-electron chi connectivity index (χ4n) is 4.66. The zero-order chi connectivity index (χ0) is 24.0. The minimum Gasteiger partial charge on any atom is -0.496 e. The number of halogens is 1. The summed E-state index contributed by atoms with van der Waals surface area (Å²) in [5.41, 5.74) is 2.33. The fourth-order valence-corrected chi connectivity index (χ4v) is 4.66. The van der Waals surface area contributed by atoms with Crippen LogP contribution < -0.4 is 14.5 Å². The first kappa shape index (κ1) is 22.0. The molecule has 8 nitrogen and oxygen atoms in total. The van der Waals surface area contributed by atoms with Crippen LogP contribution in [0.15, 0.2) is 42.6 Å². The van der Waals surface area contributed by atoms with Gasteiger partial charge in [0.15, 0.2) is 0 Å². The molecule has 1 saturated heterocycles. The van der Waals surface area contributed by atoms with Crippen LogP contribution in [0.3, 0.4) is 0 Å². The molecular formula is C25H23FN4O4. The van der Waals surface area contributed by atoms with Gasteiger partial charge in [-0.2, -0.15) is 0 Å². The molecule has 2 aliphatic heterocycles. The van der Waals surface area contributed by atoms with Crippen molar-refractivity contribution in [1.82, 2.24) is 9.97 Å². The van der Waals surface area contributed by atoms with Crippen LogP contribution in [0.25, 0.3) is 11.3 Å². The van der Waals surface area contributed by atoms with Gasteiger partial charge in [0.05, 0.1) is 37.6 Å². The molecule has 0 bridgehead atoms. The number of fused-ring (bicyclic) bond motifs is 1. The maximum atomic E-state index is 14.8. The van der Waals surface area contributed by atoms with Gasteiger partial charge in [0, 0.05) is 23.7 Å². The van der Waals surface area contributed by atoms with E-state index in [4.69, 9.17) is 4.74 Å². The number of benzene rings is 1. The summed E-state index contributed by atoms with van der Waals surface area (Å²) in [5, 5.41) is 9.70. The normalized spacial score (nSPS) is 17.5. The van der Waals surface area contributed by atoms with Crippen molar-refractivity contribution in [2.45, 2.75) is 32.4 Å². The fraction of sp³-hybridized carbons (Fsp3) is 0.280. The van der Waals surface area contributed by atoms with Crippen LogP contribution >= 0.6 is 0 Å². The molecule has 174 valence electrons. The van der Waals surface area contributed by atoms with E-state index in [2.05, 4.69) is 9.97 Å². The van der Waals surface area contributed by atoms with Gasteiger partial charge in [-0.15, -0.1) is 0 Å². The second-order valence-corrected chi connectivity index (χ2v) is 8.39. The molecule has 2 amide bonds. The number of nitrogens with zero attached hydrogens (tertiary/aromatic N) is 4. The predicted octanol–water partition coefficient (Wildman–Crippen LogP) is 3.25. The summed E-state index contributed by atoms with van der Waals surface area (Å²) in [6.45, 7) is 1.83. The highest BCUT2D eigenvalue weighted by molar-refractivity contribution is 6.11. The molecule has 1 fully saturated rings. The Kier molecular flexibility index (Phi) is 5.49. The number of rotatable bonds is 5. The van der Waals surface area contributed by atoms with Crippen LogP contribution in [0, 0.1) is 12.7 Å². The number of anilines is 2. The molecule has 1 N–H and O–H groups in total. The number of ether oxygens (including phenoxy) is 1. The first-order valence-corrected chi connectivity index (χ1v) is 11.0. The summed E-state index contributed by atoms with van der Waals surface area (Å²) in [5.74, 6) is 0.199. The van der Waals surface area contributed by atoms with Gasteiger partial charge < -0.3 is 9.84 Å². The third-order valence-corrected chi connectivity index (χ3v) is 6.28. The summed E-state index contributed by atoms with van der Waals surface area (Å²) in [7, 11) is 1.45. The Morgan fingerprint density at radius 1 is 1.21 bits per heavy atom. The Labute approximate surface area is 195 Å². The minimum atomic E-state index is -0.496. The number of carbonyl (C=O) groups excluding carboxylic acids is 2. The molecular weight excluding hydrogens is 439 g/mol. The van der Waals surface area contributed by atoms with E-state index in [9.17, 15) is 19.1 Å². The lowest BCUT2D eigenvalue weighted by atomic mass is 10.0. The SMILES string of the molecule is COc1cccc(F)c1-c1nccc2c1CN(c1cc(C)cc(N3C(=O)CC[C@H]3CO)n1)C2=O. The maximum absolute atomic E-state index is 14.8. The molecule has 34 heavy (non-hydrogen) atoms. The van der Waals surface area contributed by atoms with Crippen molar-refractivity contribution < 1.29 is 23.8 Å². The number of carbonyl (C=O) groups is 2. The van der Waals surface area contributed by atoms with Crippen molar-refractivity contribution in [3.63, 3.8) is 0 Å². The number of aromatic nitrogens is 2. The van der Waals surface area contributed by atoms with Crippen molar-refractivity contribution in [1.29, 1.82) is 0 Å². The second-order valence-electron chi connectivity index (χ2n) is 8.39. The largest absolute Gasteiger partial charge is 0.496 e. The van der Waals surface area contributed by atoms with E-state index >= 15 is 0 Å². The molecule has 0 radical (unpaired) electrons. The van der Waals surface area contributed by atoms with Crippen LogP contribution in [-0.2, 0) is 11.3 Å². The van der Waals surface area contributed by atoms with Gasteiger partial charge in [-0.3, -0.25) is 24.4 Å². The number of methoxy groups -OCH3 is 1. The zero-order valence-electron chi connectivity index (χ0n) is 18.8. The first-order chi connectivity index (χ1) is 16.4. The third-order valence-electron chi connectivity index (χ3n) is 6.28. The summed E-state index contributed by atoms with van der Waals surface area (Å²) < 4.78 is 20.2. The van der Waals surface area contributed by atoms with Gasteiger partial charge in [0.1, 0.15) is 23.2 Å². The van der Waals surface area contributed by atoms with Crippen molar-refractivity contribution >= 4 is 23.5 Å². The third kappa shape index (κ3) is 3.49. The van der Waals surface area contributed by atoms with Crippen molar-refractivity contribution in [3.8, 4) is 17.0 Å². The van der Waals surface area contributed by atoms with Gasteiger partial charge in [-0.05, 0) is 49.2 Å². The van der Waals surface area contributed by atoms with E-state index in [0.717, 1.165) is 5.56 Å². The molecule has 1 atom stereocenters. The topological polar surface area (TPSA) is 95.9 Å². The van der Waals surface area contributed by atoms with Crippen molar-refractivity contribution in [2.75, 3.05) is 23.5 Å². The predicted molar refractivity (Wildman–Crippen MR) is 123 cm³/mol. The lowest BCUT2D eigenvalue weighted by Gasteiger charge is -2.24. The monoisotopic (exact) mass is 462 g/mol. The number of aliphatic hydroxyl groups is 1. The average molecular weight is 462 g/mol. The Bertz CT molecular complexity index is 1310. The molecule has 0 spiro atoms. The number of aryl methyl sites for hydroxylation is 1. The smallest absolute Gasteiger partial charge is 0.260 e. The van der Waals surface area contributed by atoms with Gasteiger partial charge in [-0.1, -0.05) is 6.07 Å². The van der Waals surface area contributed by atoms with Crippen LogP contribution in [0.1, 0.15) is 34.3 Å². The lowest BCUT2D eigenvalue weighted by Crippen LogP contribution is -2.36. The van der Waals surface area contributed by atoms with Crippen LogP contribution in [0.4, 0.5) is 16.0 Å². The highest BCUT2D eigenvalue weighted by atomic mass is 19.1. The molecule has 3 aromatic rings. The molecule has 2 aromatic heterocycles. The van der Waals surface area contributed by atoms with Gasteiger partial charge in [0.2, 0.25) is 5.91 Å². The zero-order valence-corrected chi connectivity index (χ0v) is 18.8. The quantitative estimate of drug-likeness (QED) is 0.626. The summed E-state index contributed by atoms with van der Waals surface area (Å²) >= 11 is 0. The Morgan fingerprint density at radius 2 is 2.00 bits per heavy atom. The molecule has 2 aliphatic rings. The minimum absolute atomic E-state index is 0.114. The number of pyridine rings is 2. The van der Waals surface area contributed by atoms with Crippen LogP contribution in [0.2, 0.25) is 0 Å². The highest BCUT2D eigenvalue weighted by Crippen LogP contribution is 2.39. The Hall–Kier alpha value is -3.85. The van der Waals surface area contributed by atoms with E-state index in [1.807, 2.05) is 6.92 Å². The molecule has 0 saturated carbocycles. The molecule has 9 heteroatoms. The number of amides is 2. The number of aliphatic hydroxyl groups excluding tert-OH is 1. The van der Waals surface area contributed by atoms with Crippen LogP contribution in [0.5, 0.6) is 5.75 Å². The molecule has 5 rings (SSSR count). The second kappa shape index (κ2) is 8.49. The molecule has 4 heterocycles. The van der Waals surface area contributed by atoms with E-state index in [1.165, 1.54) is 29.2 Å². The Morgan fingerprint density at radius 3 is 2.76 bits per heavy atom. The van der Waals surface area contributed by atoms with Gasteiger partial charge in [-0.25, -0.2) is 9.37 Å². The number of hydrogen-bond donors (Lipinski definition) is 1. The summed E-state index contributed by atoms with van der Waals surface area (Å²) in [6, 6.07) is 9.32. The summed E-state index contributed by atoms with van der Waals surface area (Å²) in [4.78, 5) is 37.8. The van der Waals surface area contributed by atoms with E-state index in [-0.39, 0.29) is 36.6 Å². The van der Waals surface area contributed by atoms with E-state index in [1.54, 1.807) is 30.3 Å². The standard InChI is InChI=1S/C25H23FN4O4/c1-14-10-20(28-21(11-14)30-15(13-31)6-7-22(30)32)29-12-17-16(25(29)33)8-9-27-24(17)23-18(26)4-3-5-19(23)34-2/h3-5,8-11,15,31H,6-7,12-13H2,1-2H3/t15-/m0/s1. The molecule has 1 aromatic carbocycles. The molecule has 0 aliphatic carbocycles.